The maximum Gasteiger partial charge on any atom is 0.326 e. The number of azide groups is 1. The maximum atomic E-state index is 11.9. The van der Waals surface area contributed by atoms with Gasteiger partial charge in [0.25, 0.3) is 0 Å². The molecular weight excluding hydrogens is 244 g/mol. The highest BCUT2D eigenvalue weighted by atomic mass is 16.5. The molecular formula is C13H18N4O2. The number of rotatable bonds is 7. The molecule has 1 aromatic carbocycles. The molecule has 0 radical (unpaired) electrons. The molecule has 0 spiro atoms. The summed E-state index contributed by atoms with van der Waals surface area (Å²) in [5, 5.41) is 6.52. The van der Waals surface area contributed by atoms with Gasteiger partial charge in [-0.1, -0.05) is 35.4 Å². The van der Waals surface area contributed by atoms with Crippen LogP contribution in [-0.4, -0.2) is 31.7 Å². The van der Waals surface area contributed by atoms with Crippen LogP contribution in [-0.2, 0) is 16.0 Å². The van der Waals surface area contributed by atoms with E-state index >= 15 is 0 Å². The number of carbonyl (C=O) groups excluding carboxylic acids is 1. The number of nitrogens with zero attached hydrogens (tertiary/aromatic N) is 3. The first-order valence-electron chi connectivity index (χ1n) is 6.00. The van der Waals surface area contributed by atoms with Gasteiger partial charge in [-0.3, -0.25) is 4.79 Å². The highest BCUT2D eigenvalue weighted by Gasteiger charge is 2.33. The van der Waals surface area contributed by atoms with E-state index in [2.05, 4.69) is 15.3 Å². The second kappa shape index (κ2) is 7.41. The molecule has 1 rings (SSSR count). The van der Waals surface area contributed by atoms with Gasteiger partial charge in [0.2, 0.25) is 0 Å². The fourth-order valence-electron chi connectivity index (χ4n) is 1.86. The Morgan fingerprint density at radius 3 is 2.74 bits per heavy atom. The fourth-order valence-corrected chi connectivity index (χ4v) is 1.86. The number of carbonyl (C=O) groups is 1. The van der Waals surface area contributed by atoms with Crippen LogP contribution < -0.4 is 5.32 Å². The predicted octanol–water partition coefficient (Wildman–Crippen LogP) is 2.06. The van der Waals surface area contributed by atoms with Gasteiger partial charge >= 0.3 is 5.97 Å². The number of hydrogen-bond donors (Lipinski definition) is 1. The molecule has 0 saturated heterocycles. The topological polar surface area (TPSA) is 87.1 Å². The Bertz CT molecular complexity index is 457. The van der Waals surface area contributed by atoms with E-state index in [4.69, 9.17) is 10.3 Å². The van der Waals surface area contributed by atoms with Crippen LogP contribution in [0, 0.1) is 0 Å². The summed E-state index contributed by atoms with van der Waals surface area (Å²) in [7, 11) is 1.36. The molecule has 6 heteroatoms. The van der Waals surface area contributed by atoms with Crippen molar-refractivity contribution in [2.75, 3.05) is 20.2 Å². The van der Waals surface area contributed by atoms with Crippen molar-refractivity contribution in [3.8, 4) is 0 Å². The minimum Gasteiger partial charge on any atom is -0.468 e. The number of methoxy groups -OCH3 is 1. The van der Waals surface area contributed by atoms with Gasteiger partial charge in [0.15, 0.2) is 0 Å². The monoisotopic (exact) mass is 262 g/mol. The van der Waals surface area contributed by atoms with Crippen LogP contribution >= 0.6 is 0 Å². The first kappa shape index (κ1) is 15.0. The van der Waals surface area contributed by atoms with Gasteiger partial charge < -0.3 is 10.1 Å². The molecule has 0 aliphatic rings. The van der Waals surface area contributed by atoms with Gasteiger partial charge in [-0.15, -0.1) is 0 Å². The van der Waals surface area contributed by atoms with E-state index in [-0.39, 0.29) is 12.5 Å². The Hall–Kier alpha value is -2.04. The molecule has 102 valence electrons. The summed E-state index contributed by atoms with van der Waals surface area (Å²) < 4.78 is 4.84. The van der Waals surface area contributed by atoms with E-state index < -0.39 is 5.54 Å². The van der Waals surface area contributed by atoms with Crippen LogP contribution in [0.2, 0.25) is 0 Å². The number of nitrogens with one attached hydrogen (secondary N) is 1. The molecule has 0 aromatic heterocycles. The lowest BCUT2D eigenvalue weighted by molar-refractivity contribution is -0.147. The summed E-state index contributed by atoms with van der Waals surface area (Å²) in [6.07, 6.45) is 0.511. The predicted molar refractivity (Wildman–Crippen MR) is 72.6 cm³/mol. The van der Waals surface area contributed by atoms with Gasteiger partial charge in [-0.2, -0.15) is 0 Å². The quantitative estimate of drug-likeness (QED) is 0.268. The highest BCUT2D eigenvalue weighted by molar-refractivity contribution is 5.80. The molecule has 0 amide bonds. The number of esters is 1. The van der Waals surface area contributed by atoms with Crippen molar-refractivity contribution in [2.45, 2.75) is 18.9 Å². The van der Waals surface area contributed by atoms with Gasteiger partial charge in [0, 0.05) is 24.4 Å². The van der Waals surface area contributed by atoms with E-state index in [9.17, 15) is 4.79 Å². The van der Waals surface area contributed by atoms with E-state index in [1.54, 1.807) is 6.92 Å². The van der Waals surface area contributed by atoms with Crippen LogP contribution in [0.5, 0.6) is 0 Å². The third-order valence-electron chi connectivity index (χ3n) is 2.83. The zero-order chi connectivity index (χ0) is 14.1. The zero-order valence-electron chi connectivity index (χ0n) is 11.2. The lowest BCUT2D eigenvalue weighted by atomic mass is 9.92. The van der Waals surface area contributed by atoms with Crippen molar-refractivity contribution < 1.29 is 9.53 Å². The second-order valence-electron chi connectivity index (χ2n) is 4.37. The zero-order valence-corrected chi connectivity index (χ0v) is 11.2. The SMILES string of the molecule is COC(=O)C(C)(Cc1ccccc1)NCCN=[N+]=[N-]. The average Bonchev–Trinajstić information content (AvgIpc) is 2.44. The second-order valence-corrected chi connectivity index (χ2v) is 4.37. The van der Waals surface area contributed by atoms with Crippen LogP contribution in [0.1, 0.15) is 12.5 Å². The molecule has 6 nitrogen and oxygen atoms in total. The molecule has 0 saturated carbocycles. The molecule has 1 unspecified atom stereocenters. The van der Waals surface area contributed by atoms with Crippen molar-refractivity contribution in [1.82, 2.24) is 5.32 Å². The van der Waals surface area contributed by atoms with E-state index in [1.807, 2.05) is 30.3 Å². The van der Waals surface area contributed by atoms with Crippen LogP contribution in [0.4, 0.5) is 0 Å². The molecule has 1 N–H and O–H groups in total. The van der Waals surface area contributed by atoms with Crippen molar-refractivity contribution >= 4 is 5.97 Å². The third kappa shape index (κ3) is 4.62. The summed E-state index contributed by atoms with van der Waals surface area (Å²) >= 11 is 0. The minimum atomic E-state index is -0.832. The first-order valence-corrected chi connectivity index (χ1v) is 6.00. The van der Waals surface area contributed by atoms with Crippen molar-refractivity contribution in [2.24, 2.45) is 5.11 Å². The Morgan fingerprint density at radius 1 is 1.47 bits per heavy atom. The third-order valence-corrected chi connectivity index (χ3v) is 2.83. The Kier molecular flexibility index (Phi) is 5.85. The lowest BCUT2D eigenvalue weighted by Crippen LogP contribution is -2.52. The molecule has 1 aromatic rings. The van der Waals surface area contributed by atoms with Crippen LogP contribution in [0.15, 0.2) is 35.4 Å². The highest BCUT2D eigenvalue weighted by Crippen LogP contribution is 2.14. The Labute approximate surface area is 112 Å². The van der Waals surface area contributed by atoms with Crippen molar-refractivity contribution in [1.29, 1.82) is 0 Å². The smallest absolute Gasteiger partial charge is 0.326 e. The van der Waals surface area contributed by atoms with E-state index in [0.29, 0.717) is 13.0 Å². The van der Waals surface area contributed by atoms with Gasteiger partial charge in [0.1, 0.15) is 5.54 Å². The summed E-state index contributed by atoms with van der Waals surface area (Å²) in [4.78, 5) is 14.6. The molecule has 0 heterocycles. The summed E-state index contributed by atoms with van der Waals surface area (Å²) in [6.45, 7) is 2.49. The Balaban J connectivity index is 2.75. The summed E-state index contributed by atoms with van der Waals surface area (Å²) in [5.41, 5.74) is 8.43. The van der Waals surface area contributed by atoms with Gasteiger partial charge in [0.05, 0.1) is 7.11 Å². The molecule has 1 atom stereocenters. The summed E-state index contributed by atoms with van der Waals surface area (Å²) in [6, 6.07) is 9.68. The molecule has 0 fully saturated rings. The van der Waals surface area contributed by atoms with Crippen LogP contribution in [0.25, 0.3) is 10.4 Å². The van der Waals surface area contributed by atoms with E-state index in [0.717, 1.165) is 5.56 Å². The first-order chi connectivity index (χ1) is 9.12. The largest absolute Gasteiger partial charge is 0.468 e. The van der Waals surface area contributed by atoms with Crippen LogP contribution in [0.3, 0.4) is 0 Å². The van der Waals surface area contributed by atoms with E-state index in [1.165, 1.54) is 7.11 Å². The fraction of sp³-hybridized carbons (Fsp3) is 0.462. The molecule has 19 heavy (non-hydrogen) atoms. The minimum absolute atomic E-state index is 0.290. The number of hydrogen-bond acceptors (Lipinski definition) is 4. The molecule has 0 bridgehead atoms. The number of benzene rings is 1. The lowest BCUT2D eigenvalue weighted by Gasteiger charge is -2.28. The molecule has 0 aliphatic carbocycles. The Morgan fingerprint density at radius 2 is 2.16 bits per heavy atom. The molecule has 0 aliphatic heterocycles. The maximum absolute atomic E-state index is 11.9. The van der Waals surface area contributed by atoms with Gasteiger partial charge in [-0.25, -0.2) is 0 Å². The average molecular weight is 262 g/mol. The normalized spacial score (nSPS) is 13.2. The van der Waals surface area contributed by atoms with Crippen molar-refractivity contribution in [3.05, 3.63) is 46.3 Å². The van der Waals surface area contributed by atoms with Crippen molar-refractivity contribution in [3.63, 3.8) is 0 Å². The van der Waals surface area contributed by atoms with Gasteiger partial charge in [-0.05, 0) is 18.0 Å². The standard InChI is InChI=1S/C13H18N4O2/c1-13(12(18)19-2,15-8-9-16-17-14)10-11-6-4-3-5-7-11/h3-7,15H,8-10H2,1-2H3. The number of ether oxygens (including phenoxy) is 1. The summed E-state index contributed by atoms with van der Waals surface area (Å²) in [5.74, 6) is -0.336.